The van der Waals surface area contributed by atoms with Gasteiger partial charge in [-0.15, -0.1) is 0 Å². The number of hydrogen-bond acceptors (Lipinski definition) is 3. The van der Waals surface area contributed by atoms with E-state index in [1.165, 1.54) is 5.56 Å². The second kappa shape index (κ2) is 6.89. The molecule has 1 saturated heterocycles. The summed E-state index contributed by atoms with van der Waals surface area (Å²) in [5, 5.41) is 9.60. The van der Waals surface area contributed by atoms with Crippen LogP contribution in [0, 0.1) is 5.92 Å². The van der Waals surface area contributed by atoms with Gasteiger partial charge in [-0.1, -0.05) is 23.7 Å². The number of hydrogen-bond donors (Lipinski definition) is 1. The van der Waals surface area contributed by atoms with Gasteiger partial charge >= 0.3 is 5.97 Å². The van der Waals surface area contributed by atoms with Crippen molar-refractivity contribution in [2.24, 2.45) is 5.92 Å². The van der Waals surface area contributed by atoms with E-state index in [0.29, 0.717) is 25.7 Å². The van der Waals surface area contributed by atoms with Crippen LogP contribution in [-0.2, 0) is 16.0 Å². The average molecular weight is 284 g/mol. The highest BCUT2D eigenvalue weighted by atomic mass is 35.5. The topological polar surface area (TPSA) is 49.8 Å². The quantitative estimate of drug-likeness (QED) is 0.917. The van der Waals surface area contributed by atoms with Gasteiger partial charge in [-0.3, -0.25) is 9.69 Å². The number of ether oxygens (including phenoxy) is 1. The van der Waals surface area contributed by atoms with Crippen LogP contribution in [0.25, 0.3) is 0 Å². The number of carbonyl (C=O) groups is 1. The van der Waals surface area contributed by atoms with E-state index in [-0.39, 0.29) is 6.54 Å². The zero-order valence-corrected chi connectivity index (χ0v) is 11.5. The van der Waals surface area contributed by atoms with Crippen LogP contribution in [0.4, 0.5) is 0 Å². The summed E-state index contributed by atoms with van der Waals surface area (Å²) in [6.07, 6.45) is 0.882. The monoisotopic (exact) mass is 283 g/mol. The second-order valence-electron chi connectivity index (χ2n) is 4.90. The van der Waals surface area contributed by atoms with Gasteiger partial charge in [0, 0.05) is 18.1 Å². The Bertz CT molecular complexity index is 421. The van der Waals surface area contributed by atoms with E-state index in [9.17, 15) is 4.79 Å². The minimum atomic E-state index is -0.785. The lowest BCUT2D eigenvalue weighted by atomic mass is 9.99. The molecule has 1 aliphatic rings. The summed E-state index contributed by atoms with van der Waals surface area (Å²) in [7, 11) is 0. The molecule has 5 heteroatoms. The van der Waals surface area contributed by atoms with Crippen molar-refractivity contribution in [2.75, 3.05) is 32.8 Å². The Hall–Kier alpha value is -1.10. The maximum Gasteiger partial charge on any atom is 0.317 e. The number of nitrogens with zero attached hydrogens (tertiary/aromatic N) is 1. The number of aliphatic carboxylic acids is 1. The predicted molar refractivity (Wildman–Crippen MR) is 73.5 cm³/mol. The smallest absolute Gasteiger partial charge is 0.317 e. The molecule has 4 nitrogen and oxygen atoms in total. The zero-order chi connectivity index (χ0) is 13.7. The van der Waals surface area contributed by atoms with Crippen molar-refractivity contribution >= 4 is 17.6 Å². The van der Waals surface area contributed by atoms with Crippen molar-refractivity contribution in [3.8, 4) is 0 Å². The summed E-state index contributed by atoms with van der Waals surface area (Å²) in [4.78, 5) is 12.7. The first-order chi connectivity index (χ1) is 9.13. The highest BCUT2D eigenvalue weighted by Gasteiger charge is 2.20. The molecule has 1 N–H and O–H groups in total. The molecule has 2 rings (SSSR count). The lowest BCUT2D eigenvalue weighted by Crippen LogP contribution is -2.35. The Kier molecular flexibility index (Phi) is 5.19. The van der Waals surface area contributed by atoms with E-state index in [1.807, 2.05) is 29.2 Å². The molecule has 0 saturated carbocycles. The van der Waals surface area contributed by atoms with E-state index in [4.69, 9.17) is 21.4 Å². The van der Waals surface area contributed by atoms with E-state index in [1.54, 1.807) is 0 Å². The summed E-state index contributed by atoms with van der Waals surface area (Å²) in [5.41, 5.74) is 1.20. The zero-order valence-electron chi connectivity index (χ0n) is 10.7. The molecule has 0 radical (unpaired) electrons. The molecule has 1 aliphatic heterocycles. The maximum atomic E-state index is 10.8. The Morgan fingerprint density at radius 1 is 1.42 bits per heavy atom. The number of rotatable bonds is 4. The molecule has 0 aliphatic carbocycles. The van der Waals surface area contributed by atoms with Crippen molar-refractivity contribution in [1.29, 1.82) is 0 Å². The van der Waals surface area contributed by atoms with E-state index >= 15 is 0 Å². The van der Waals surface area contributed by atoms with Gasteiger partial charge in [0.1, 0.15) is 0 Å². The average Bonchev–Trinajstić information content (AvgIpc) is 2.57. The molecule has 1 unspecified atom stereocenters. The fourth-order valence-electron chi connectivity index (χ4n) is 2.36. The number of halogens is 1. The van der Waals surface area contributed by atoms with Crippen LogP contribution in [0.1, 0.15) is 5.56 Å². The largest absolute Gasteiger partial charge is 0.480 e. The van der Waals surface area contributed by atoms with Gasteiger partial charge in [0.15, 0.2) is 0 Å². The highest BCUT2D eigenvalue weighted by molar-refractivity contribution is 6.30. The molecule has 1 atom stereocenters. The summed E-state index contributed by atoms with van der Waals surface area (Å²) >= 11 is 5.86. The lowest BCUT2D eigenvalue weighted by Gasteiger charge is -2.21. The molecule has 1 fully saturated rings. The predicted octanol–water partition coefficient (Wildman–Crippen LogP) is 1.92. The molecule has 0 aromatic heterocycles. The first kappa shape index (κ1) is 14.3. The van der Waals surface area contributed by atoms with Gasteiger partial charge in [0.25, 0.3) is 0 Å². The van der Waals surface area contributed by atoms with Crippen LogP contribution >= 0.6 is 11.6 Å². The van der Waals surface area contributed by atoms with E-state index in [2.05, 4.69) is 0 Å². The minimum absolute atomic E-state index is 0.0838. The van der Waals surface area contributed by atoms with Crippen molar-refractivity contribution < 1.29 is 14.6 Å². The first-order valence-electron chi connectivity index (χ1n) is 6.40. The van der Waals surface area contributed by atoms with Gasteiger partial charge in [-0.05, 0) is 30.0 Å². The minimum Gasteiger partial charge on any atom is -0.480 e. The molecular formula is C14H18ClNO3. The van der Waals surface area contributed by atoms with Crippen LogP contribution in [0.5, 0.6) is 0 Å². The molecule has 0 amide bonds. The molecule has 104 valence electrons. The second-order valence-corrected chi connectivity index (χ2v) is 5.34. The third kappa shape index (κ3) is 4.82. The first-order valence-corrected chi connectivity index (χ1v) is 6.77. The Balaban J connectivity index is 1.94. The van der Waals surface area contributed by atoms with Crippen molar-refractivity contribution in [3.05, 3.63) is 34.9 Å². The summed E-state index contributed by atoms with van der Waals surface area (Å²) < 4.78 is 5.55. The third-order valence-electron chi connectivity index (χ3n) is 3.22. The van der Waals surface area contributed by atoms with Crippen molar-refractivity contribution in [1.82, 2.24) is 4.90 Å². The van der Waals surface area contributed by atoms with Crippen LogP contribution < -0.4 is 0 Å². The Morgan fingerprint density at radius 3 is 2.84 bits per heavy atom. The van der Waals surface area contributed by atoms with Crippen LogP contribution in [0.15, 0.2) is 24.3 Å². The molecule has 0 bridgehead atoms. The lowest BCUT2D eigenvalue weighted by molar-refractivity contribution is -0.138. The number of benzene rings is 1. The fraction of sp³-hybridized carbons (Fsp3) is 0.500. The molecule has 1 aromatic rings. The van der Waals surface area contributed by atoms with Crippen molar-refractivity contribution in [3.63, 3.8) is 0 Å². The third-order valence-corrected chi connectivity index (χ3v) is 3.47. The van der Waals surface area contributed by atoms with Gasteiger partial charge in [-0.2, -0.15) is 0 Å². The normalized spacial score (nSPS) is 21.0. The van der Waals surface area contributed by atoms with Crippen molar-refractivity contribution in [2.45, 2.75) is 6.42 Å². The van der Waals surface area contributed by atoms with Crippen LogP contribution in [0.2, 0.25) is 5.02 Å². The molecule has 19 heavy (non-hydrogen) atoms. The summed E-state index contributed by atoms with van der Waals surface area (Å²) in [6.45, 7) is 2.81. The SMILES string of the molecule is O=C(O)CN1CCOCC(Cc2ccc(Cl)cc2)C1. The molecular weight excluding hydrogens is 266 g/mol. The Labute approximate surface area is 117 Å². The highest BCUT2D eigenvalue weighted by Crippen LogP contribution is 2.16. The maximum absolute atomic E-state index is 10.8. The Morgan fingerprint density at radius 2 is 2.16 bits per heavy atom. The summed E-state index contributed by atoms with van der Waals surface area (Å²) in [5.74, 6) is -0.463. The van der Waals surface area contributed by atoms with Gasteiger partial charge in [-0.25, -0.2) is 0 Å². The summed E-state index contributed by atoms with van der Waals surface area (Å²) in [6, 6.07) is 7.77. The molecule has 0 spiro atoms. The standard InChI is InChI=1S/C14H18ClNO3/c15-13-3-1-11(2-4-13)7-12-8-16(9-14(17)18)5-6-19-10-12/h1-4,12H,5-10H2,(H,17,18). The molecule has 1 aromatic carbocycles. The van der Waals surface area contributed by atoms with E-state index in [0.717, 1.165) is 18.0 Å². The van der Waals surface area contributed by atoms with Crippen LogP contribution in [0.3, 0.4) is 0 Å². The van der Waals surface area contributed by atoms with Crippen LogP contribution in [-0.4, -0.2) is 48.8 Å². The van der Waals surface area contributed by atoms with Gasteiger partial charge < -0.3 is 9.84 Å². The van der Waals surface area contributed by atoms with E-state index < -0.39 is 5.97 Å². The number of carboxylic acids is 1. The molecule has 1 heterocycles. The number of carboxylic acid groups (broad SMARTS) is 1. The van der Waals surface area contributed by atoms with Gasteiger partial charge in [0.2, 0.25) is 0 Å². The fourth-order valence-corrected chi connectivity index (χ4v) is 2.49. The van der Waals surface area contributed by atoms with Gasteiger partial charge in [0.05, 0.1) is 19.8 Å².